The quantitative estimate of drug-likeness (QED) is 0.820. The van der Waals surface area contributed by atoms with E-state index in [1.165, 1.54) is 30.7 Å². The van der Waals surface area contributed by atoms with Gasteiger partial charge < -0.3 is 10.2 Å². The predicted octanol–water partition coefficient (Wildman–Crippen LogP) is 2.74. The molecule has 1 atom stereocenters. The summed E-state index contributed by atoms with van der Waals surface area (Å²) in [6.07, 6.45) is 4.30. The predicted molar refractivity (Wildman–Crippen MR) is 71.0 cm³/mol. The summed E-state index contributed by atoms with van der Waals surface area (Å²) in [6.45, 7) is 2.28. The number of nitrogens with zero attached hydrogens (tertiary/aromatic N) is 1. The first kappa shape index (κ1) is 12.1. The summed E-state index contributed by atoms with van der Waals surface area (Å²) in [7, 11) is 4.32. The Morgan fingerprint density at radius 2 is 2.31 bits per heavy atom. The highest BCUT2D eigenvalue weighted by Crippen LogP contribution is 2.26. The van der Waals surface area contributed by atoms with E-state index in [1.54, 1.807) is 0 Å². The maximum absolute atomic E-state index is 3.62. The van der Waals surface area contributed by atoms with Crippen molar-refractivity contribution in [1.82, 2.24) is 10.2 Å². The summed E-state index contributed by atoms with van der Waals surface area (Å²) in [5.41, 5.74) is 0. The van der Waals surface area contributed by atoms with Crippen molar-refractivity contribution in [2.45, 2.75) is 25.3 Å². The molecule has 1 heterocycles. The van der Waals surface area contributed by atoms with Crippen molar-refractivity contribution in [3.8, 4) is 0 Å². The molecule has 0 aromatic carbocycles. The van der Waals surface area contributed by atoms with E-state index in [0.717, 1.165) is 12.5 Å². The van der Waals surface area contributed by atoms with Gasteiger partial charge in [0.25, 0.3) is 0 Å². The third kappa shape index (κ3) is 3.06. The van der Waals surface area contributed by atoms with Crippen molar-refractivity contribution in [3.05, 3.63) is 22.4 Å². The first-order chi connectivity index (χ1) is 7.77. The molecular weight excluding hydrogens is 216 g/mol. The molecule has 1 aliphatic rings. The molecule has 0 spiro atoms. The second-order valence-corrected chi connectivity index (χ2v) is 5.93. The highest BCUT2D eigenvalue weighted by molar-refractivity contribution is 7.10. The molecule has 2 rings (SSSR count). The molecule has 1 aromatic heterocycles. The van der Waals surface area contributed by atoms with Crippen molar-refractivity contribution >= 4 is 11.3 Å². The van der Waals surface area contributed by atoms with Crippen LogP contribution in [0.1, 0.15) is 30.2 Å². The SMILES string of the molecule is CN(C)C(CNCC1CCC1)c1cccs1. The Hall–Kier alpha value is -0.380. The van der Waals surface area contributed by atoms with Gasteiger partial charge in [-0.15, -0.1) is 11.3 Å². The molecule has 0 amide bonds. The molecule has 1 N–H and O–H groups in total. The van der Waals surface area contributed by atoms with Gasteiger partial charge in [-0.2, -0.15) is 0 Å². The van der Waals surface area contributed by atoms with Crippen molar-refractivity contribution in [2.75, 3.05) is 27.2 Å². The van der Waals surface area contributed by atoms with Gasteiger partial charge in [-0.05, 0) is 50.8 Å². The van der Waals surface area contributed by atoms with E-state index in [0.29, 0.717) is 6.04 Å². The molecule has 0 aliphatic heterocycles. The van der Waals surface area contributed by atoms with Crippen LogP contribution in [0.15, 0.2) is 17.5 Å². The summed E-state index contributed by atoms with van der Waals surface area (Å²) >= 11 is 1.86. The number of nitrogens with one attached hydrogen (secondary N) is 1. The monoisotopic (exact) mass is 238 g/mol. The molecule has 90 valence electrons. The van der Waals surface area contributed by atoms with Gasteiger partial charge in [0.05, 0.1) is 6.04 Å². The minimum atomic E-state index is 0.528. The summed E-state index contributed by atoms with van der Waals surface area (Å²) in [4.78, 5) is 3.77. The van der Waals surface area contributed by atoms with Crippen molar-refractivity contribution in [2.24, 2.45) is 5.92 Å². The molecule has 3 heteroatoms. The standard InChI is InChI=1S/C13H22N2S/c1-15(2)12(13-7-4-8-16-13)10-14-9-11-5-3-6-11/h4,7-8,11-12,14H,3,5-6,9-10H2,1-2H3. The first-order valence-corrected chi connectivity index (χ1v) is 7.06. The molecular formula is C13H22N2S. The summed E-state index contributed by atoms with van der Waals surface area (Å²) in [6, 6.07) is 4.91. The molecule has 0 bridgehead atoms. The number of likely N-dealkylation sites (N-methyl/N-ethyl adjacent to an activating group) is 1. The summed E-state index contributed by atoms with van der Waals surface area (Å²) in [5.74, 6) is 0.950. The Balaban J connectivity index is 1.78. The smallest absolute Gasteiger partial charge is 0.0561 e. The van der Waals surface area contributed by atoms with Gasteiger partial charge in [0.1, 0.15) is 0 Å². The fraction of sp³-hybridized carbons (Fsp3) is 0.692. The van der Waals surface area contributed by atoms with Crippen molar-refractivity contribution in [1.29, 1.82) is 0 Å². The zero-order valence-corrected chi connectivity index (χ0v) is 11.1. The Morgan fingerprint density at radius 1 is 1.50 bits per heavy atom. The van der Waals surface area contributed by atoms with Crippen LogP contribution in [0.4, 0.5) is 0 Å². The molecule has 2 nitrogen and oxygen atoms in total. The topological polar surface area (TPSA) is 15.3 Å². The third-order valence-corrected chi connectivity index (χ3v) is 4.46. The van der Waals surface area contributed by atoms with E-state index in [-0.39, 0.29) is 0 Å². The highest BCUT2D eigenvalue weighted by atomic mass is 32.1. The maximum atomic E-state index is 3.62. The van der Waals surface area contributed by atoms with Gasteiger partial charge in [-0.3, -0.25) is 0 Å². The number of thiophene rings is 1. The van der Waals surface area contributed by atoms with Crippen LogP contribution in [0, 0.1) is 5.92 Å². The van der Waals surface area contributed by atoms with Gasteiger partial charge in [0, 0.05) is 11.4 Å². The zero-order chi connectivity index (χ0) is 11.4. The molecule has 1 fully saturated rings. The lowest BCUT2D eigenvalue weighted by Crippen LogP contribution is -2.34. The second kappa shape index (κ2) is 5.80. The van der Waals surface area contributed by atoms with Crippen LogP contribution >= 0.6 is 11.3 Å². The first-order valence-electron chi connectivity index (χ1n) is 6.18. The molecule has 1 saturated carbocycles. The number of hydrogen-bond donors (Lipinski definition) is 1. The average molecular weight is 238 g/mol. The van der Waals surface area contributed by atoms with Crippen LogP contribution in [-0.4, -0.2) is 32.1 Å². The van der Waals surface area contributed by atoms with E-state index in [9.17, 15) is 0 Å². The fourth-order valence-corrected chi connectivity index (χ4v) is 3.06. The Bertz CT molecular complexity index is 291. The van der Waals surface area contributed by atoms with Gasteiger partial charge in [-0.1, -0.05) is 12.5 Å². The van der Waals surface area contributed by atoms with Crippen LogP contribution in [0.5, 0.6) is 0 Å². The lowest BCUT2D eigenvalue weighted by atomic mass is 9.85. The third-order valence-electron chi connectivity index (χ3n) is 3.49. The maximum Gasteiger partial charge on any atom is 0.0561 e. The van der Waals surface area contributed by atoms with Gasteiger partial charge in [0.15, 0.2) is 0 Å². The number of rotatable bonds is 6. The number of hydrogen-bond acceptors (Lipinski definition) is 3. The summed E-state index contributed by atoms with van der Waals surface area (Å²) < 4.78 is 0. The largest absolute Gasteiger partial charge is 0.315 e. The van der Waals surface area contributed by atoms with Gasteiger partial charge in [-0.25, -0.2) is 0 Å². The molecule has 16 heavy (non-hydrogen) atoms. The molecule has 1 unspecified atom stereocenters. The normalized spacial score (nSPS) is 18.7. The molecule has 1 aromatic rings. The van der Waals surface area contributed by atoms with Crippen LogP contribution < -0.4 is 5.32 Å². The summed E-state index contributed by atoms with van der Waals surface area (Å²) in [5, 5.41) is 5.79. The lowest BCUT2D eigenvalue weighted by Gasteiger charge is -2.28. The van der Waals surface area contributed by atoms with Crippen LogP contribution in [-0.2, 0) is 0 Å². The minimum absolute atomic E-state index is 0.528. The van der Waals surface area contributed by atoms with E-state index in [4.69, 9.17) is 0 Å². The van der Waals surface area contributed by atoms with E-state index < -0.39 is 0 Å². The van der Waals surface area contributed by atoms with Gasteiger partial charge in [0.2, 0.25) is 0 Å². The van der Waals surface area contributed by atoms with E-state index >= 15 is 0 Å². The Kier molecular flexibility index (Phi) is 4.38. The zero-order valence-electron chi connectivity index (χ0n) is 10.3. The van der Waals surface area contributed by atoms with E-state index in [2.05, 4.69) is 41.8 Å². The molecule has 0 radical (unpaired) electrons. The lowest BCUT2D eigenvalue weighted by molar-refractivity contribution is 0.261. The fourth-order valence-electron chi connectivity index (χ4n) is 2.14. The van der Waals surface area contributed by atoms with E-state index in [1.807, 2.05) is 11.3 Å². The molecule has 1 aliphatic carbocycles. The molecule has 0 saturated heterocycles. The van der Waals surface area contributed by atoms with Crippen LogP contribution in [0.2, 0.25) is 0 Å². The average Bonchev–Trinajstić information content (AvgIpc) is 2.67. The minimum Gasteiger partial charge on any atom is -0.315 e. The van der Waals surface area contributed by atoms with Crippen LogP contribution in [0.3, 0.4) is 0 Å². The Morgan fingerprint density at radius 3 is 2.81 bits per heavy atom. The highest BCUT2D eigenvalue weighted by Gasteiger charge is 2.19. The van der Waals surface area contributed by atoms with Gasteiger partial charge >= 0.3 is 0 Å². The Labute approximate surface area is 103 Å². The second-order valence-electron chi connectivity index (χ2n) is 4.95. The van der Waals surface area contributed by atoms with Crippen LogP contribution in [0.25, 0.3) is 0 Å². The van der Waals surface area contributed by atoms with Crippen molar-refractivity contribution in [3.63, 3.8) is 0 Å². The van der Waals surface area contributed by atoms with Crippen molar-refractivity contribution < 1.29 is 0 Å².